The summed E-state index contributed by atoms with van der Waals surface area (Å²) in [6.07, 6.45) is 1.73. The van der Waals surface area contributed by atoms with Crippen LogP contribution in [0.25, 0.3) is 0 Å². The number of allylic oxidation sites excluding steroid dienone is 4. The molecule has 0 rings (SSSR count). The van der Waals surface area contributed by atoms with Crippen molar-refractivity contribution in [1.29, 1.82) is 0 Å². The fraction of sp³-hybridized carbons (Fsp3) is 0.333. The Morgan fingerprint density at radius 3 is 2.09 bits per heavy atom. The molecule has 0 radical (unpaired) electrons. The van der Waals surface area contributed by atoms with Gasteiger partial charge in [0, 0.05) is 0 Å². The topological polar surface area (TPSA) is 0 Å². The van der Waals surface area contributed by atoms with Gasteiger partial charge in [-0.25, -0.2) is 0 Å². The van der Waals surface area contributed by atoms with Crippen LogP contribution in [0.2, 0.25) is 0 Å². The van der Waals surface area contributed by atoms with Crippen LogP contribution in [0.3, 0.4) is 0 Å². The van der Waals surface area contributed by atoms with Crippen molar-refractivity contribution in [3.8, 4) is 11.8 Å². The zero-order valence-electron chi connectivity index (χ0n) is 6.83. The molecule has 0 N–H and O–H groups in total. The summed E-state index contributed by atoms with van der Waals surface area (Å²) in [5, 5.41) is 1.08. The van der Waals surface area contributed by atoms with E-state index in [9.17, 15) is 0 Å². The smallest absolute Gasteiger partial charge is 0.0748 e. The van der Waals surface area contributed by atoms with Gasteiger partial charge < -0.3 is 0 Å². The Morgan fingerprint density at radius 2 is 1.73 bits per heavy atom. The van der Waals surface area contributed by atoms with Gasteiger partial charge in [-0.3, -0.25) is 0 Å². The number of hydrogen-bond donors (Lipinski definition) is 0. The zero-order chi connectivity index (χ0) is 8.85. The fourth-order valence-electron chi connectivity index (χ4n) is 0.312. The van der Waals surface area contributed by atoms with Crippen LogP contribution in [-0.4, -0.2) is 0 Å². The Hall–Kier alpha value is -0.380. The first-order chi connectivity index (χ1) is 5.07. The first kappa shape index (κ1) is 10.6. The van der Waals surface area contributed by atoms with Gasteiger partial charge in [-0.1, -0.05) is 29.3 Å². The lowest BCUT2D eigenvalue weighted by Gasteiger charge is -1.87. The highest BCUT2D eigenvalue weighted by molar-refractivity contribution is 6.34. The summed E-state index contributed by atoms with van der Waals surface area (Å²) in [6, 6.07) is 0. The van der Waals surface area contributed by atoms with Gasteiger partial charge in [0.1, 0.15) is 0 Å². The van der Waals surface area contributed by atoms with E-state index >= 15 is 0 Å². The summed E-state index contributed by atoms with van der Waals surface area (Å²) in [5.41, 5.74) is 1.000. The van der Waals surface area contributed by atoms with Crippen LogP contribution in [0.5, 0.6) is 0 Å². The van der Waals surface area contributed by atoms with Crippen LogP contribution < -0.4 is 0 Å². The third kappa shape index (κ3) is 4.95. The lowest BCUT2D eigenvalue weighted by molar-refractivity contribution is 1.39. The Balaban J connectivity index is 4.44. The normalized spacial score (nSPS) is 10.1. The number of rotatable bonds is 0. The van der Waals surface area contributed by atoms with Crippen molar-refractivity contribution in [1.82, 2.24) is 0 Å². The molecule has 0 unspecified atom stereocenters. The van der Waals surface area contributed by atoms with Gasteiger partial charge in [-0.05, 0) is 38.2 Å². The zero-order valence-corrected chi connectivity index (χ0v) is 8.35. The highest BCUT2D eigenvalue weighted by Crippen LogP contribution is 2.07. The van der Waals surface area contributed by atoms with Gasteiger partial charge >= 0.3 is 0 Å². The molecule has 0 aromatic carbocycles. The minimum absolute atomic E-state index is 0.518. The summed E-state index contributed by atoms with van der Waals surface area (Å²) in [6.45, 7) is 5.63. The Morgan fingerprint density at radius 1 is 1.18 bits per heavy atom. The SMILES string of the molecule is C/C=C(/Cl)C#CC(Cl)=C(C)C. The van der Waals surface area contributed by atoms with Crippen molar-refractivity contribution in [3.05, 3.63) is 21.7 Å². The van der Waals surface area contributed by atoms with Gasteiger partial charge in [-0.15, -0.1) is 0 Å². The molecule has 2 heteroatoms. The summed E-state index contributed by atoms with van der Waals surface area (Å²) in [4.78, 5) is 0. The molecule has 0 amide bonds. The maximum atomic E-state index is 5.74. The first-order valence-electron chi connectivity index (χ1n) is 3.24. The summed E-state index contributed by atoms with van der Waals surface area (Å²) in [5.74, 6) is 5.43. The third-order valence-corrected chi connectivity index (χ3v) is 1.77. The van der Waals surface area contributed by atoms with Crippen molar-refractivity contribution in [2.24, 2.45) is 0 Å². The van der Waals surface area contributed by atoms with E-state index in [1.54, 1.807) is 6.08 Å². The van der Waals surface area contributed by atoms with E-state index in [0.29, 0.717) is 10.1 Å². The van der Waals surface area contributed by atoms with Crippen molar-refractivity contribution in [2.45, 2.75) is 20.8 Å². The molecule has 0 aromatic rings. The molecule has 0 aromatic heterocycles. The minimum Gasteiger partial charge on any atom is -0.0748 e. The second kappa shape index (κ2) is 5.29. The lowest BCUT2D eigenvalue weighted by Crippen LogP contribution is -1.70. The van der Waals surface area contributed by atoms with E-state index < -0.39 is 0 Å². The maximum absolute atomic E-state index is 5.74. The maximum Gasteiger partial charge on any atom is 0.0894 e. The molecular weight excluding hydrogens is 179 g/mol. The van der Waals surface area contributed by atoms with Gasteiger partial charge in [0.25, 0.3) is 0 Å². The van der Waals surface area contributed by atoms with E-state index in [4.69, 9.17) is 23.2 Å². The van der Waals surface area contributed by atoms with E-state index in [1.165, 1.54) is 0 Å². The molecule has 11 heavy (non-hydrogen) atoms. The van der Waals surface area contributed by atoms with Gasteiger partial charge in [0.15, 0.2) is 0 Å². The molecule has 0 aliphatic carbocycles. The predicted octanol–water partition coefficient (Wildman–Crippen LogP) is 3.67. The number of hydrogen-bond acceptors (Lipinski definition) is 0. The summed E-state index contributed by atoms with van der Waals surface area (Å²) in [7, 11) is 0. The monoisotopic (exact) mass is 188 g/mol. The molecular formula is C9H10Cl2. The van der Waals surface area contributed by atoms with Crippen LogP contribution in [0.15, 0.2) is 21.7 Å². The Labute approximate surface area is 77.9 Å². The van der Waals surface area contributed by atoms with E-state index in [-0.39, 0.29) is 0 Å². The number of halogens is 2. The average Bonchev–Trinajstić information content (AvgIpc) is 1.99. The molecule has 0 aliphatic heterocycles. The van der Waals surface area contributed by atoms with Crippen LogP contribution in [0, 0.1) is 11.8 Å². The molecule has 0 atom stereocenters. The van der Waals surface area contributed by atoms with Crippen LogP contribution in [0.4, 0.5) is 0 Å². The van der Waals surface area contributed by atoms with E-state index in [2.05, 4.69) is 11.8 Å². The Kier molecular flexibility index (Phi) is 5.11. The molecule has 0 heterocycles. The van der Waals surface area contributed by atoms with Gasteiger partial charge in [0.05, 0.1) is 10.1 Å². The molecule has 0 fully saturated rings. The molecule has 0 saturated carbocycles. The van der Waals surface area contributed by atoms with Crippen LogP contribution >= 0.6 is 23.2 Å². The lowest BCUT2D eigenvalue weighted by atomic mass is 10.3. The molecule has 0 saturated heterocycles. The van der Waals surface area contributed by atoms with E-state index in [1.807, 2.05) is 20.8 Å². The predicted molar refractivity (Wildman–Crippen MR) is 51.6 cm³/mol. The summed E-state index contributed by atoms with van der Waals surface area (Å²) < 4.78 is 0. The molecule has 0 aliphatic rings. The summed E-state index contributed by atoms with van der Waals surface area (Å²) >= 11 is 11.4. The van der Waals surface area contributed by atoms with Crippen LogP contribution in [0.1, 0.15) is 20.8 Å². The average molecular weight is 189 g/mol. The van der Waals surface area contributed by atoms with Crippen molar-refractivity contribution >= 4 is 23.2 Å². The second-order valence-corrected chi connectivity index (χ2v) is 2.99. The third-order valence-electron chi connectivity index (χ3n) is 0.984. The van der Waals surface area contributed by atoms with Crippen LogP contribution in [-0.2, 0) is 0 Å². The van der Waals surface area contributed by atoms with Crippen molar-refractivity contribution in [2.75, 3.05) is 0 Å². The standard InChI is InChI=1S/C9H10Cl2/c1-4-8(10)5-6-9(11)7(2)3/h4H,1-3H3/b8-4+. The molecule has 0 nitrogen and oxygen atoms in total. The molecule has 0 bridgehead atoms. The second-order valence-electron chi connectivity index (χ2n) is 2.20. The minimum atomic E-state index is 0.518. The molecule has 0 spiro atoms. The largest absolute Gasteiger partial charge is 0.0894 e. The fourth-order valence-corrected chi connectivity index (χ4v) is 0.406. The quantitative estimate of drug-likeness (QED) is 0.510. The Bertz CT molecular complexity index is 244. The highest BCUT2D eigenvalue weighted by Gasteiger charge is 1.87. The first-order valence-corrected chi connectivity index (χ1v) is 4.00. The van der Waals surface area contributed by atoms with Crippen molar-refractivity contribution < 1.29 is 0 Å². The van der Waals surface area contributed by atoms with Gasteiger partial charge in [-0.2, -0.15) is 0 Å². The van der Waals surface area contributed by atoms with E-state index in [0.717, 1.165) is 5.57 Å². The molecule has 60 valence electrons. The van der Waals surface area contributed by atoms with Crippen molar-refractivity contribution in [3.63, 3.8) is 0 Å². The van der Waals surface area contributed by atoms with Gasteiger partial charge in [0.2, 0.25) is 0 Å². The highest BCUT2D eigenvalue weighted by atomic mass is 35.5.